The molecule has 3 rings (SSSR count). The average molecular weight is 474 g/mol. The second kappa shape index (κ2) is 10.1. The molecule has 0 atom stereocenters. The first-order valence-electron chi connectivity index (χ1n) is 9.36. The first-order valence-corrected chi connectivity index (χ1v) is 9.74. The number of carbonyl (C=O) groups excluding carboxylic acids is 2. The first kappa shape index (κ1) is 23.6. The highest BCUT2D eigenvalue weighted by Gasteiger charge is 2.30. The molecule has 0 radical (unpaired) electrons. The Labute approximate surface area is 191 Å². The number of hydrogen-bond acceptors (Lipinski definition) is 4. The van der Waals surface area contributed by atoms with Crippen molar-refractivity contribution in [1.29, 1.82) is 5.26 Å². The quantitative estimate of drug-likeness (QED) is 0.494. The highest BCUT2D eigenvalue weighted by Crippen LogP contribution is 2.31. The van der Waals surface area contributed by atoms with E-state index in [2.05, 4.69) is 10.6 Å². The number of nitrogens with zero attached hydrogens (tertiary/aromatic N) is 1. The minimum atomic E-state index is -4.53. The Hall–Kier alpha value is -4.03. The molecule has 33 heavy (non-hydrogen) atoms. The van der Waals surface area contributed by atoms with E-state index in [0.29, 0.717) is 5.56 Å². The molecule has 0 fully saturated rings. The van der Waals surface area contributed by atoms with E-state index in [1.807, 2.05) is 6.07 Å². The highest BCUT2D eigenvalue weighted by atomic mass is 35.5. The lowest BCUT2D eigenvalue weighted by molar-refractivity contribution is -0.137. The molecule has 0 aliphatic heterocycles. The van der Waals surface area contributed by atoms with Gasteiger partial charge in [-0.2, -0.15) is 18.4 Å². The van der Waals surface area contributed by atoms with Gasteiger partial charge in [-0.05, 0) is 54.6 Å². The highest BCUT2D eigenvalue weighted by molar-refractivity contribution is 6.32. The second-order valence-electron chi connectivity index (χ2n) is 6.71. The van der Waals surface area contributed by atoms with Crippen LogP contribution in [-0.4, -0.2) is 18.4 Å². The lowest BCUT2D eigenvalue weighted by Crippen LogP contribution is -2.20. The van der Waals surface area contributed by atoms with Crippen LogP contribution in [0, 0.1) is 11.3 Å². The molecule has 0 aromatic heterocycles. The van der Waals surface area contributed by atoms with Crippen molar-refractivity contribution in [1.82, 2.24) is 0 Å². The molecule has 2 N–H and O–H groups in total. The van der Waals surface area contributed by atoms with Crippen LogP contribution < -0.4 is 15.4 Å². The molecule has 2 amide bonds. The van der Waals surface area contributed by atoms with Gasteiger partial charge >= 0.3 is 6.18 Å². The van der Waals surface area contributed by atoms with Gasteiger partial charge in [-0.25, -0.2) is 0 Å². The summed E-state index contributed by atoms with van der Waals surface area (Å²) in [4.78, 5) is 24.6. The van der Waals surface area contributed by atoms with Gasteiger partial charge in [0.2, 0.25) is 0 Å². The minimum absolute atomic E-state index is 0.0167. The maximum absolute atomic E-state index is 12.8. The smallest absolute Gasteiger partial charge is 0.416 e. The molecule has 0 saturated carbocycles. The Morgan fingerprint density at radius 2 is 1.67 bits per heavy atom. The molecule has 6 nitrogen and oxygen atoms in total. The number of nitriles is 1. The number of ether oxygens (including phenoxy) is 1. The van der Waals surface area contributed by atoms with Crippen molar-refractivity contribution in [2.75, 3.05) is 17.2 Å². The Balaban J connectivity index is 1.62. The Kier molecular flexibility index (Phi) is 7.20. The van der Waals surface area contributed by atoms with Gasteiger partial charge in [0.05, 0.1) is 22.2 Å². The summed E-state index contributed by atoms with van der Waals surface area (Å²) in [6.45, 7) is -0.383. The Bertz CT molecular complexity index is 1240. The number of anilines is 2. The summed E-state index contributed by atoms with van der Waals surface area (Å²) in [5, 5.41) is 14.0. The monoisotopic (exact) mass is 473 g/mol. The van der Waals surface area contributed by atoms with E-state index in [9.17, 15) is 22.8 Å². The maximum atomic E-state index is 12.8. The SMILES string of the molecule is N#Cc1ccc(OCC(=O)Nc2cccc(C(=O)Nc3cccc(C(F)(F)F)c3)c2)c(Cl)c1. The summed E-state index contributed by atoms with van der Waals surface area (Å²) >= 11 is 5.99. The normalized spacial score (nSPS) is 10.8. The van der Waals surface area contributed by atoms with Crippen LogP contribution in [-0.2, 0) is 11.0 Å². The number of halogens is 4. The summed E-state index contributed by atoms with van der Waals surface area (Å²) in [5.41, 5.74) is -0.148. The number of benzene rings is 3. The van der Waals surface area contributed by atoms with Gasteiger partial charge in [0.25, 0.3) is 11.8 Å². The number of amides is 2. The molecule has 0 bridgehead atoms. The van der Waals surface area contributed by atoms with Gasteiger partial charge in [-0.15, -0.1) is 0 Å². The Morgan fingerprint density at radius 1 is 0.970 bits per heavy atom. The van der Waals surface area contributed by atoms with Gasteiger partial charge < -0.3 is 15.4 Å². The molecule has 0 aliphatic carbocycles. The minimum Gasteiger partial charge on any atom is -0.482 e. The topological polar surface area (TPSA) is 91.2 Å². The van der Waals surface area contributed by atoms with Gasteiger partial charge in [0.15, 0.2) is 6.61 Å². The van der Waals surface area contributed by atoms with Crippen molar-refractivity contribution in [3.8, 4) is 11.8 Å². The van der Waals surface area contributed by atoms with Crippen molar-refractivity contribution in [3.63, 3.8) is 0 Å². The van der Waals surface area contributed by atoms with Crippen LogP contribution in [0.15, 0.2) is 66.7 Å². The van der Waals surface area contributed by atoms with E-state index in [4.69, 9.17) is 21.6 Å². The summed E-state index contributed by atoms with van der Waals surface area (Å²) < 4.78 is 43.9. The summed E-state index contributed by atoms with van der Waals surface area (Å²) in [6, 6.07) is 16.4. The first-order chi connectivity index (χ1) is 15.7. The number of alkyl halides is 3. The molecule has 3 aromatic rings. The predicted octanol–water partition coefficient (Wildman–Crippen LogP) is 5.50. The molecule has 0 saturated heterocycles. The van der Waals surface area contributed by atoms with E-state index in [-0.39, 0.29) is 34.3 Å². The third-order valence-corrected chi connectivity index (χ3v) is 4.57. The molecule has 0 aliphatic rings. The van der Waals surface area contributed by atoms with E-state index in [1.54, 1.807) is 0 Å². The zero-order chi connectivity index (χ0) is 24.0. The fourth-order valence-corrected chi connectivity index (χ4v) is 2.98. The van der Waals surface area contributed by atoms with Crippen molar-refractivity contribution >= 4 is 34.8 Å². The molecule has 0 heterocycles. The van der Waals surface area contributed by atoms with Gasteiger partial charge in [0, 0.05) is 16.9 Å². The van der Waals surface area contributed by atoms with Gasteiger partial charge in [-0.3, -0.25) is 9.59 Å². The third kappa shape index (κ3) is 6.48. The molecule has 10 heteroatoms. The second-order valence-corrected chi connectivity index (χ2v) is 7.11. The fraction of sp³-hybridized carbons (Fsp3) is 0.0870. The molecule has 0 spiro atoms. The summed E-state index contributed by atoms with van der Waals surface area (Å²) in [6.07, 6.45) is -4.53. The maximum Gasteiger partial charge on any atom is 0.416 e. The Morgan fingerprint density at radius 3 is 2.33 bits per heavy atom. The standard InChI is InChI=1S/C23H15ClF3N3O3/c24-19-9-14(12-28)7-8-20(19)33-13-21(31)29-17-5-1-3-15(10-17)22(32)30-18-6-2-4-16(11-18)23(25,26)27/h1-11H,13H2,(H,29,31)(H,30,32). The number of nitrogens with one attached hydrogen (secondary N) is 2. The van der Waals surface area contributed by atoms with E-state index in [1.165, 1.54) is 54.6 Å². The van der Waals surface area contributed by atoms with Crippen LogP contribution in [0.25, 0.3) is 0 Å². The van der Waals surface area contributed by atoms with Crippen LogP contribution in [0.3, 0.4) is 0 Å². The molecular formula is C23H15ClF3N3O3. The molecule has 0 unspecified atom stereocenters. The summed E-state index contributed by atoms with van der Waals surface area (Å²) in [5.74, 6) is -0.961. The largest absolute Gasteiger partial charge is 0.482 e. The fourth-order valence-electron chi connectivity index (χ4n) is 2.74. The van der Waals surface area contributed by atoms with Gasteiger partial charge in [0.1, 0.15) is 5.75 Å². The summed E-state index contributed by atoms with van der Waals surface area (Å²) in [7, 11) is 0. The molecule has 168 valence electrons. The van der Waals surface area contributed by atoms with E-state index in [0.717, 1.165) is 12.1 Å². The van der Waals surface area contributed by atoms with Crippen molar-refractivity contribution < 1.29 is 27.5 Å². The lowest BCUT2D eigenvalue weighted by Gasteiger charge is -2.11. The third-order valence-electron chi connectivity index (χ3n) is 4.28. The van der Waals surface area contributed by atoms with Crippen LogP contribution in [0.5, 0.6) is 5.75 Å². The van der Waals surface area contributed by atoms with Crippen LogP contribution in [0.1, 0.15) is 21.5 Å². The number of carbonyl (C=O) groups is 2. The van der Waals surface area contributed by atoms with Crippen LogP contribution >= 0.6 is 11.6 Å². The van der Waals surface area contributed by atoms with E-state index >= 15 is 0 Å². The van der Waals surface area contributed by atoms with Crippen LogP contribution in [0.4, 0.5) is 24.5 Å². The molecular weight excluding hydrogens is 459 g/mol. The number of rotatable bonds is 6. The van der Waals surface area contributed by atoms with Crippen molar-refractivity contribution in [3.05, 3.63) is 88.4 Å². The van der Waals surface area contributed by atoms with Crippen molar-refractivity contribution in [2.45, 2.75) is 6.18 Å². The zero-order valence-corrected chi connectivity index (χ0v) is 17.5. The average Bonchev–Trinajstić information content (AvgIpc) is 2.78. The van der Waals surface area contributed by atoms with Gasteiger partial charge in [-0.1, -0.05) is 23.7 Å². The predicted molar refractivity (Wildman–Crippen MR) is 116 cm³/mol. The van der Waals surface area contributed by atoms with E-state index < -0.39 is 23.6 Å². The molecule has 3 aromatic carbocycles. The number of hydrogen-bond donors (Lipinski definition) is 2. The zero-order valence-electron chi connectivity index (χ0n) is 16.7. The van der Waals surface area contributed by atoms with Crippen molar-refractivity contribution in [2.24, 2.45) is 0 Å². The van der Waals surface area contributed by atoms with Crippen LogP contribution in [0.2, 0.25) is 5.02 Å². The lowest BCUT2D eigenvalue weighted by atomic mass is 10.1.